The average molecular weight is 407 g/mol. The number of halogens is 1. The number of aromatic nitrogens is 2. The predicted octanol–water partition coefficient (Wildman–Crippen LogP) is 4.76. The molecular formula is C23H22FN3O3. The summed E-state index contributed by atoms with van der Waals surface area (Å²) in [5.41, 5.74) is 3.95. The van der Waals surface area contributed by atoms with Gasteiger partial charge in [0.15, 0.2) is 5.58 Å². The minimum absolute atomic E-state index is 0.159. The Kier molecular flexibility index (Phi) is 4.55. The number of likely N-dealkylation sites (tertiary alicyclic amines) is 1. The van der Waals surface area contributed by atoms with Crippen molar-refractivity contribution in [2.24, 2.45) is 0 Å². The third kappa shape index (κ3) is 3.06. The lowest BCUT2D eigenvalue weighted by molar-refractivity contribution is -0.144. The van der Waals surface area contributed by atoms with Crippen LogP contribution in [0.3, 0.4) is 0 Å². The smallest absolute Gasteiger partial charge is 0.325 e. The number of hydrogen-bond donors (Lipinski definition) is 2. The SMILES string of the molecule is Cc1[nH]c2ccccc2c1[C@@H](C(=O)O)N1CCC(c2noc3cc(F)ccc23)CC1. The van der Waals surface area contributed by atoms with E-state index in [4.69, 9.17) is 4.52 Å². The second kappa shape index (κ2) is 7.25. The molecular weight excluding hydrogens is 385 g/mol. The number of nitrogens with one attached hydrogen (secondary N) is 1. The van der Waals surface area contributed by atoms with E-state index < -0.39 is 12.0 Å². The van der Waals surface area contributed by atoms with Crippen molar-refractivity contribution in [1.29, 1.82) is 0 Å². The molecule has 3 heterocycles. The van der Waals surface area contributed by atoms with Crippen LogP contribution in [0.25, 0.3) is 21.9 Å². The normalized spacial score (nSPS) is 17.0. The van der Waals surface area contributed by atoms with Crippen LogP contribution in [0.4, 0.5) is 4.39 Å². The molecule has 2 aromatic carbocycles. The lowest BCUT2D eigenvalue weighted by Crippen LogP contribution is -2.40. The molecule has 0 spiro atoms. The van der Waals surface area contributed by atoms with Crippen molar-refractivity contribution in [3.8, 4) is 0 Å². The van der Waals surface area contributed by atoms with Crippen LogP contribution in [-0.2, 0) is 4.79 Å². The van der Waals surface area contributed by atoms with Crippen molar-refractivity contribution in [2.45, 2.75) is 31.7 Å². The molecule has 1 saturated heterocycles. The summed E-state index contributed by atoms with van der Waals surface area (Å²) < 4.78 is 18.7. The highest BCUT2D eigenvalue weighted by Crippen LogP contribution is 2.38. The summed E-state index contributed by atoms with van der Waals surface area (Å²) in [4.78, 5) is 17.6. The van der Waals surface area contributed by atoms with Gasteiger partial charge in [-0.25, -0.2) is 4.39 Å². The number of fused-ring (bicyclic) bond motifs is 2. The highest BCUT2D eigenvalue weighted by molar-refractivity contribution is 5.90. The van der Waals surface area contributed by atoms with Gasteiger partial charge in [0.1, 0.15) is 11.9 Å². The molecule has 2 N–H and O–H groups in total. The molecule has 1 fully saturated rings. The number of carbonyl (C=O) groups is 1. The Morgan fingerprint density at radius 2 is 2.00 bits per heavy atom. The monoisotopic (exact) mass is 407 g/mol. The van der Waals surface area contributed by atoms with Gasteiger partial charge in [-0.1, -0.05) is 23.4 Å². The van der Waals surface area contributed by atoms with E-state index in [1.165, 1.54) is 12.1 Å². The Bertz CT molecular complexity index is 1240. The molecule has 0 radical (unpaired) electrons. The number of benzene rings is 2. The summed E-state index contributed by atoms with van der Waals surface area (Å²) in [6.45, 7) is 3.20. The second-order valence-electron chi connectivity index (χ2n) is 7.97. The molecule has 5 rings (SSSR count). The first-order chi connectivity index (χ1) is 14.5. The van der Waals surface area contributed by atoms with Crippen LogP contribution in [0.15, 0.2) is 47.0 Å². The molecule has 30 heavy (non-hydrogen) atoms. The zero-order valence-electron chi connectivity index (χ0n) is 16.6. The zero-order chi connectivity index (χ0) is 20.8. The molecule has 2 aromatic heterocycles. The first-order valence-corrected chi connectivity index (χ1v) is 10.1. The van der Waals surface area contributed by atoms with Crippen molar-refractivity contribution in [1.82, 2.24) is 15.0 Å². The Morgan fingerprint density at radius 3 is 2.77 bits per heavy atom. The van der Waals surface area contributed by atoms with Crippen molar-refractivity contribution < 1.29 is 18.8 Å². The molecule has 1 atom stereocenters. The van der Waals surface area contributed by atoms with Gasteiger partial charge in [-0.15, -0.1) is 0 Å². The molecule has 1 aliphatic heterocycles. The van der Waals surface area contributed by atoms with Crippen LogP contribution < -0.4 is 0 Å². The van der Waals surface area contributed by atoms with E-state index in [0.29, 0.717) is 18.7 Å². The van der Waals surface area contributed by atoms with Gasteiger partial charge < -0.3 is 14.6 Å². The maximum Gasteiger partial charge on any atom is 0.325 e. The van der Waals surface area contributed by atoms with Crippen molar-refractivity contribution in [2.75, 3.05) is 13.1 Å². The van der Waals surface area contributed by atoms with E-state index in [1.807, 2.05) is 36.1 Å². The Morgan fingerprint density at radius 1 is 1.23 bits per heavy atom. The molecule has 4 aromatic rings. The average Bonchev–Trinajstić information content (AvgIpc) is 3.29. The third-order valence-corrected chi connectivity index (χ3v) is 6.19. The lowest BCUT2D eigenvalue weighted by atomic mass is 9.89. The molecule has 0 bridgehead atoms. The fourth-order valence-corrected chi connectivity index (χ4v) is 4.77. The van der Waals surface area contributed by atoms with Crippen LogP contribution >= 0.6 is 0 Å². The molecule has 0 saturated carbocycles. The van der Waals surface area contributed by atoms with E-state index in [1.54, 1.807) is 6.07 Å². The maximum absolute atomic E-state index is 13.4. The molecule has 0 amide bonds. The number of rotatable bonds is 4. The van der Waals surface area contributed by atoms with Crippen LogP contribution in [0.2, 0.25) is 0 Å². The largest absolute Gasteiger partial charge is 0.480 e. The van der Waals surface area contributed by atoms with Crippen molar-refractivity contribution >= 4 is 27.8 Å². The van der Waals surface area contributed by atoms with E-state index in [0.717, 1.165) is 46.1 Å². The van der Waals surface area contributed by atoms with E-state index in [2.05, 4.69) is 10.1 Å². The molecule has 154 valence electrons. The number of nitrogens with zero attached hydrogens (tertiary/aromatic N) is 2. The number of H-pyrrole nitrogens is 1. The van der Waals surface area contributed by atoms with Crippen LogP contribution in [0, 0.1) is 12.7 Å². The lowest BCUT2D eigenvalue weighted by Gasteiger charge is -2.35. The molecule has 7 heteroatoms. The van der Waals surface area contributed by atoms with Crippen molar-refractivity contribution in [3.63, 3.8) is 0 Å². The minimum Gasteiger partial charge on any atom is -0.480 e. The van der Waals surface area contributed by atoms with Gasteiger partial charge >= 0.3 is 5.97 Å². The number of piperidine rings is 1. The summed E-state index contributed by atoms with van der Waals surface area (Å²) in [7, 11) is 0. The summed E-state index contributed by atoms with van der Waals surface area (Å²) in [5, 5.41) is 16.1. The quantitative estimate of drug-likeness (QED) is 0.510. The van der Waals surface area contributed by atoms with Gasteiger partial charge in [0.2, 0.25) is 0 Å². The zero-order valence-corrected chi connectivity index (χ0v) is 16.6. The van der Waals surface area contributed by atoms with E-state index in [-0.39, 0.29) is 11.7 Å². The highest BCUT2D eigenvalue weighted by Gasteiger charge is 2.35. The number of hydrogen-bond acceptors (Lipinski definition) is 4. The first-order valence-electron chi connectivity index (χ1n) is 10.1. The number of para-hydroxylation sites is 1. The number of carboxylic acids is 1. The number of carboxylic acid groups (broad SMARTS) is 1. The van der Waals surface area contributed by atoms with Gasteiger partial charge in [0.05, 0.1) is 5.69 Å². The van der Waals surface area contributed by atoms with Crippen LogP contribution in [-0.4, -0.2) is 39.2 Å². The molecule has 6 nitrogen and oxygen atoms in total. The van der Waals surface area contributed by atoms with Gasteiger partial charge in [0.25, 0.3) is 0 Å². The highest BCUT2D eigenvalue weighted by atomic mass is 19.1. The Balaban J connectivity index is 1.41. The fourth-order valence-electron chi connectivity index (χ4n) is 4.77. The number of aliphatic carboxylic acids is 1. The summed E-state index contributed by atoms with van der Waals surface area (Å²) >= 11 is 0. The Hall–Kier alpha value is -3.19. The minimum atomic E-state index is -0.844. The van der Waals surface area contributed by atoms with Gasteiger partial charge in [-0.3, -0.25) is 9.69 Å². The molecule has 1 aliphatic rings. The van der Waals surface area contributed by atoms with Crippen molar-refractivity contribution in [3.05, 3.63) is 65.2 Å². The number of aromatic amines is 1. The summed E-state index contributed by atoms with van der Waals surface area (Å²) in [6, 6.07) is 11.6. The van der Waals surface area contributed by atoms with E-state index >= 15 is 0 Å². The van der Waals surface area contributed by atoms with E-state index in [9.17, 15) is 14.3 Å². The first kappa shape index (κ1) is 18.8. The third-order valence-electron chi connectivity index (χ3n) is 6.19. The van der Waals surface area contributed by atoms with Crippen LogP contribution in [0.1, 0.15) is 41.8 Å². The van der Waals surface area contributed by atoms with Gasteiger partial charge in [0, 0.05) is 39.5 Å². The molecule has 0 unspecified atom stereocenters. The predicted molar refractivity (Wildman–Crippen MR) is 111 cm³/mol. The topological polar surface area (TPSA) is 82.4 Å². The Labute approximate surface area is 172 Å². The second-order valence-corrected chi connectivity index (χ2v) is 7.97. The van der Waals surface area contributed by atoms with Gasteiger partial charge in [-0.05, 0) is 51.1 Å². The maximum atomic E-state index is 13.4. The van der Waals surface area contributed by atoms with Gasteiger partial charge in [-0.2, -0.15) is 0 Å². The summed E-state index contributed by atoms with van der Waals surface area (Å²) in [6.07, 6.45) is 1.54. The standard InChI is InChI=1S/C23H22FN3O3/c1-13-20(16-4-2-3-5-18(16)25-13)22(23(28)29)27-10-8-14(9-11-27)21-17-7-6-15(24)12-19(17)30-26-21/h2-7,12,14,22,25H,8-11H2,1H3,(H,28,29)/t22-/m0/s1. The number of aryl methyl sites for hydroxylation is 1. The fraction of sp³-hybridized carbons (Fsp3) is 0.304. The summed E-state index contributed by atoms with van der Waals surface area (Å²) in [5.74, 6) is -1.03. The molecule has 0 aliphatic carbocycles. The van der Waals surface area contributed by atoms with Crippen LogP contribution in [0.5, 0.6) is 0 Å².